The van der Waals surface area contributed by atoms with E-state index in [1.54, 1.807) is 19.1 Å². The molecule has 2 aliphatic carbocycles. The van der Waals surface area contributed by atoms with Crippen molar-refractivity contribution in [2.45, 2.75) is 87.8 Å². The second kappa shape index (κ2) is 16.5. The number of allylic oxidation sites excluding steroid dienone is 1. The van der Waals surface area contributed by atoms with Gasteiger partial charge in [0, 0.05) is 36.6 Å². The van der Waals surface area contributed by atoms with Gasteiger partial charge < -0.3 is 29.3 Å². The number of carbonyl (C=O) groups is 3. The third kappa shape index (κ3) is 8.43. The Labute approximate surface area is 344 Å². The van der Waals surface area contributed by atoms with Crippen LogP contribution in [0.5, 0.6) is 17.4 Å². The Hall–Kier alpha value is -5.70. The predicted molar refractivity (Wildman–Crippen MR) is 221 cm³/mol. The maximum Gasteiger partial charge on any atom is 0.321 e. The minimum absolute atomic E-state index is 0.0515. The van der Waals surface area contributed by atoms with Gasteiger partial charge in [-0.1, -0.05) is 61.0 Å². The molecule has 2 aliphatic heterocycles. The van der Waals surface area contributed by atoms with Crippen LogP contribution in [0.25, 0.3) is 22.3 Å². The number of nitrogens with zero attached hydrogens (tertiary/aromatic N) is 4. The topological polar surface area (TPSA) is 169 Å². The monoisotopic (exact) mass is 822 g/mol. The predicted octanol–water partition coefficient (Wildman–Crippen LogP) is 5.68. The van der Waals surface area contributed by atoms with Gasteiger partial charge in [-0.05, 0) is 75.3 Å². The van der Waals surface area contributed by atoms with Crippen LogP contribution in [0.4, 0.5) is 4.79 Å². The van der Waals surface area contributed by atoms with E-state index >= 15 is 0 Å². The lowest BCUT2D eigenvalue weighted by Crippen LogP contribution is -2.57. The molecule has 4 unspecified atom stereocenters. The van der Waals surface area contributed by atoms with Gasteiger partial charge >= 0.3 is 6.03 Å². The number of benzene rings is 3. The number of ether oxygens (including phenoxy) is 3. The molecule has 0 bridgehead atoms. The summed E-state index contributed by atoms with van der Waals surface area (Å²) in [5, 5.41) is 2.99. The van der Waals surface area contributed by atoms with Crippen molar-refractivity contribution < 1.29 is 37.0 Å². The second-order valence-corrected chi connectivity index (χ2v) is 17.9. The molecule has 2 saturated carbocycles. The zero-order valence-electron chi connectivity index (χ0n) is 33.6. The molecule has 8 rings (SSSR count). The summed E-state index contributed by atoms with van der Waals surface area (Å²) in [5.74, 6) is 0.374. The number of nitrogens with one attached hydrogen (secondary N) is 2. The highest BCUT2D eigenvalue weighted by Crippen LogP contribution is 2.46. The van der Waals surface area contributed by atoms with Gasteiger partial charge in [0.1, 0.15) is 29.2 Å². The number of methoxy groups -OCH3 is 2. The van der Waals surface area contributed by atoms with E-state index in [9.17, 15) is 22.8 Å². The van der Waals surface area contributed by atoms with Gasteiger partial charge in [-0.3, -0.25) is 14.3 Å². The number of aryl methyl sites for hydroxylation is 1. The van der Waals surface area contributed by atoms with Gasteiger partial charge in [0.25, 0.3) is 5.91 Å². The van der Waals surface area contributed by atoms with E-state index in [1.165, 1.54) is 4.90 Å². The fourth-order valence-electron chi connectivity index (χ4n) is 8.16. The van der Waals surface area contributed by atoms with Crippen molar-refractivity contribution in [1.82, 2.24) is 29.8 Å². The van der Waals surface area contributed by atoms with Crippen LogP contribution in [0, 0.1) is 12.8 Å². The quantitative estimate of drug-likeness (QED) is 0.190. The van der Waals surface area contributed by atoms with Crippen molar-refractivity contribution in [2.24, 2.45) is 5.92 Å². The van der Waals surface area contributed by atoms with Gasteiger partial charge in [0.2, 0.25) is 21.8 Å². The molecule has 4 aromatic rings. The molecule has 14 nitrogen and oxygen atoms in total. The first-order valence-electron chi connectivity index (χ1n) is 20.3. The average Bonchev–Trinajstić information content (AvgIpc) is 4.17. The number of rotatable bonds is 10. The molecule has 3 fully saturated rings. The minimum Gasteiger partial charge on any atom is -0.497 e. The molecule has 310 valence electrons. The lowest BCUT2D eigenvalue weighted by atomic mass is 10.1. The Morgan fingerprint density at radius 3 is 2.47 bits per heavy atom. The Bertz CT molecular complexity index is 2370. The highest BCUT2D eigenvalue weighted by Gasteiger charge is 2.62. The Balaban J connectivity index is 1.15. The molecule has 59 heavy (non-hydrogen) atoms. The van der Waals surface area contributed by atoms with Crippen molar-refractivity contribution in [3.63, 3.8) is 0 Å². The van der Waals surface area contributed by atoms with Crippen LogP contribution in [0.2, 0.25) is 0 Å². The van der Waals surface area contributed by atoms with Crippen molar-refractivity contribution in [3.8, 4) is 28.8 Å². The van der Waals surface area contributed by atoms with Gasteiger partial charge in [-0.25, -0.2) is 18.2 Å². The molecule has 3 aromatic carbocycles. The molecule has 1 aromatic heterocycles. The molecular weight excluding hydrogens is 773 g/mol. The summed E-state index contributed by atoms with van der Waals surface area (Å²) in [6, 6.07) is 19.4. The molecule has 0 spiro atoms. The maximum atomic E-state index is 14.9. The van der Waals surface area contributed by atoms with Gasteiger partial charge in [-0.2, -0.15) is 4.98 Å². The van der Waals surface area contributed by atoms with Crippen molar-refractivity contribution in [1.29, 1.82) is 0 Å². The summed E-state index contributed by atoms with van der Waals surface area (Å²) in [6.07, 6.45) is 7.73. The maximum absolute atomic E-state index is 14.9. The van der Waals surface area contributed by atoms with Crippen LogP contribution >= 0.6 is 0 Å². The van der Waals surface area contributed by atoms with Gasteiger partial charge in [0.05, 0.1) is 36.9 Å². The lowest BCUT2D eigenvalue weighted by molar-refractivity contribution is -0.131. The normalized spacial score (nSPS) is 24.2. The average molecular weight is 823 g/mol. The van der Waals surface area contributed by atoms with Crippen LogP contribution < -0.4 is 24.2 Å². The summed E-state index contributed by atoms with van der Waals surface area (Å²) < 4.78 is 45.9. The molecule has 3 heterocycles. The fraction of sp³-hybridized carbons (Fsp3) is 0.432. The first-order valence-corrected chi connectivity index (χ1v) is 21.8. The molecule has 1 saturated heterocycles. The van der Waals surface area contributed by atoms with E-state index in [1.807, 2.05) is 85.8 Å². The zero-order chi connectivity index (χ0) is 41.3. The third-order valence-corrected chi connectivity index (χ3v) is 13.6. The number of urea groups is 1. The number of carbonyl (C=O) groups excluding carboxylic acids is 3. The van der Waals surface area contributed by atoms with Crippen LogP contribution in [0.3, 0.4) is 0 Å². The van der Waals surface area contributed by atoms with E-state index in [-0.39, 0.29) is 25.4 Å². The molecule has 4 amide bonds. The Morgan fingerprint density at radius 2 is 1.75 bits per heavy atom. The van der Waals surface area contributed by atoms with E-state index < -0.39 is 50.7 Å². The number of sulfonamides is 1. The summed E-state index contributed by atoms with van der Waals surface area (Å²) in [6.45, 7) is 2.72. The first kappa shape index (κ1) is 40.1. The summed E-state index contributed by atoms with van der Waals surface area (Å²) in [5.41, 5.74) is 1.65. The third-order valence-electron chi connectivity index (χ3n) is 11.8. The van der Waals surface area contributed by atoms with Crippen LogP contribution in [0.15, 0.2) is 78.9 Å². The molecule has 0 radical (unpaired) electrons. The number of aromatic nitrogens is 2. The van der Waals surface area contributed by atoms with Crippen LogP contribution in [-0.2, 0) is 26.2 Å². The largest absolute Gasteiger partial charge is 0.497 e. The summed E-state index contributed by atoms with van der Waals surface area (Å²) >= 11 is 0. The first-order chi connectivity index (χ1) is 28.5. The number of hydrogen-bond acceptors (Lipinski definition) is 10. The molecule has 2 N–H and O–H groups in total. The summed E-state index contributed by atoms with van der Waals surface area (Å²) in [4.78, 5) is 56.5. The highest BCUT2D eigenvalue weighted by atomic mass is 32.2. The van der Waals surface area contributed by atoms with Crippen LogP contribution in [0.1, 0.15) is 62.5 Å². The lowest BCUT2D eigenvalue weighted by Gasteiger charge is -2.32. The van der Waals surface area contributed by atoms with E-state index in [0.717, 1.165) is 42.4 Å². The Kier molecular flexibility index (Phi) is 11.2. The highest BCUT2D eigenvalue weighted by molar-refractivity contribution is 7.91. The number of amides is 4. The van der Waals surface area contributed by atoms with Crippen LogP contribution in [-0.4, -0.2) is 96.3 Å². The summed E-state index contributed by atoms with van der Waals surface area (Å²) in [7, 11) is -0.684. The van der Waals surface area contributed by atoms with Gasteiger partial charge in [0.15, 0.2) is 5.82 Å². The Morgan fingerprint density at radius 1 is 0.966 bits per heavy atom. The molecular formula is C44H50N6O8S. The minimum atomic E-state index is -3.88. The zero-order valence-corrected chi connectivity index (χ0v) is 34.4. The second-order valence-electron chi connectivity index (χ2n) is 15.9. The van der Waals surface area contributed by atoms with Crippen molar-refractivity contribution in [2.75, 3.05) is 27.3 Å². The van der Waals surface area contributed by atoms with E-state index in [4.69, 9.17) is 24.2 Å². The standard InChI is InChI=1S/C44H50N6O8S/c1-28-37(57-3)22-21-35-38(28)45-39(30-12-8-7-9-13-30)46-41(35)58-33-24-36-40(51)47-44(42(52)48-59(54,55)34-19-20-34)25-31(44)14-10-5-4-6-11-23-49(43(53)50(36)27-33)26-29-15-17-32(56-2)18-16-29/h7-10,12-18,21-22,31,33-34,36H,4-6,11,19-20,23-27H2,1-3H3,(H,47,51)(H,48,52)/b14-10-. The van der Waals surface area contributed by atoms with Gasteiger partial charge in [-0.15, -0.1) is 0 Å². The van der Waals surface area contributed by atoms with E-state index in [2.05, 4.69) is 10.0 Å². The molecule has 4 aliphatic rings. The smallest absolute Gasteiger partial charge is 0.321 e. The number of hydrogen-bond donors (Lipinski definition) is 2. The molecule has 15 heteroatoms. The number of fused-ring (bicyclic) bond motifs is 3. The van der Waals surface area contributed by atoms with Crippen molar-refractivity contribution in [3.05, 3.63) is 90.0 Å². The van der Waals surface area contributed by atoms with Crippen molar-refractivity contribution >= 4 is 38.8 Å². The van der Waals surface area contributed by atoms with E-state index in [0.29, 0.717) is 60.0 Å². The molecule has 4 atom stereocenters. The fourth-order valence-corrected chi connectivity index (χ4v) is 9.52. The SMILES string of the molecule is COc1ccc(CN2CCCCC/C=C\C3CC3(C(=O)NS(=O)(=O)C3CC3)NC(=O)C3CC(Oc4nc(-c5ccccc5)nc5c(C)c(OC)ccc45)CN3C2=O)cc1.